The lowest BCUT2D eigenvalue weighted by atomic mass is 10.1. The third-order valence-electron chi connectivity index (χ3n) is 3.31. The van der Waals surface area contributed by atoms with Gasteiger partial charge in [0.25, 0.3) is 0 Å². The Morgan fingerprint density at radius 2 is 2.00 bits per heavy atom. The fourth-order valence-electron chi connectivity index (χ4n) is 2.30. The first-order chi connectivity index (χ1) is 12.4. The van der Waals surface area contributed by atoms with Crippen LogP contribution in [0, 0.1) is 5.82 Å². The number of nitrogens with zero attached hydrogens (tertiary/aromatic N) is 3. The molecule has 0 fully saturated rings. The van der Waals surface area contributed by atoms with Crippen molar-refractivity contribution in [2.75, 3.05) is 6.61 Å². The second-order valence-corrected chi connectivity index (χ2v) is 5.27. The Labute approximate surface area is 144 Å². The lowest BCUT2D eigenvalue weighted by molar-refractivity contribution is -0.153. The number of alkyl halides is 3. The van der Waals surface area contributed by atoms with Crippen LogP contribution in [0.1, 0.15) is 10.5 Å². The SMILES string of the molecule is O=Cc1cc(-c2cc(F)cc(OCC(F)(F)F)c2)n(-c2cccnc2)n1. The van der Waals surface area contributed by atoms with E-state index < -0.39 is 18.6 Å². The number of hydrogen-bond donors (Lipinski definition) is 0. The van der Waals surface area contributed by atoms with Gasteiger partial charge in [-0.15, -0.1) is 0 Å². The van der Waals surface area contributed by atoms with Gasteiger partial charge < -0.3 is 4.74 Å². The lowest BCUT2D eigenvalue weighted by Crippen LogP contribution is -2.19. The quantitative estimate of drug-likeness (QED) is 0.509. The number of benzene rings is 1. The summed E-state index contributed by atoms with van der Waals surface area (Å²) < 4.78 is 56.8. The van der Waals surface area contributed by atoms with Gasteiger partial charge in [0.05, 0.1) is 17.6 Å². The van der Waals surface area contributed by atoms with Crippen molar-refractivity contribution in [1.29, 1.82) is 0 Å². The second kappa shape index (κ2) is 6.95. The third kappa shape index (κ3) is 4.05. The summed E-state index contributed by atoms with van der Waals surface area (Å²) >= 11 is 0. The van der Waals surface area contributed by atoms with Crippen molar-refractivity contribution in [3.05, 3.63) is 60.3 Å². The number of aromatic nitrogens is 3. The van der Waals surface area contributed by atoms with E-state index in [9.17, 15) is 22.4 Å². The Hall–Kier alpha value is -3.23. The molecule has 0 atom stereocenters. The molecular weight excluding hydrogens is 354 g/mol. The first kappa shape index (κ1) is 17.6. The molecule has 5 nitrogen and oxygen atoms in total. The van der Waals surface area contributed by atoms with Crippen LogP contribution in [-0.4, -0.2) is 33.8 Å². The summed E-state index contributed by atoms with van der Waals surface area (Å²) in [5.41, 5.74) is 1.08. The zero-order chi connectivity index (χ0) is 18.7. The number of rotatable bonds is 5. The van der Waals surface area contributed by atoms with Gasteiger partial charge >= 0.3 is 6.18 Å². The number of aldehydes is 1. The minimum Gasteiger partial charge on any atom is -0.484 e. The minimum absolute atomic E-state index is 0.0749. The number of pyridine rings is 1. The van der Waals surface area contributed by atoms with Crippen molar-refractivity contribution in [3.8, 4) is 22.7 Å². The van der Waals surface area contributed by atoms with E-state index in [1.54, 1.807) is 18.3 Å². The highest BCUT2D eigenvalue weighted by atomic mass is 19.4. The Bertz CT molecular complexity index is 924. The molecule has 0 aliphatic rings. The predicted octanol–water partition coefficient (Wildman–Crippen LogP) is 3.83. The lowest BCUT2D eigenvalue weighted by Gasteiger charge is -2.12. The summed E-state index contributed by atoms with van der Waals surface area (Å²) in [6.07, 6.45) is -1.02. The molecule has 2 aromatic heterocycles. The number of halogens is 4. The molecule has 3 aromatic rings. The maximum absolute atomic E-state index is 13.9. The normalized spacial score (nSPS) is 11.4. The van der Waals surface area contributed by atoms with Gasteiger partial charge in [0.15, 0.2) is 12.9 Å². The topological polar surface area (TPSA) is 57.0 Å². The summed E-state index contributed by atoms with van der Waals surface area (Å²) in [6.45, 7) is -1.54. The molecule has 1 aromatic carbocycles. The molecule has 0 saturated heterocycles. The van der Waals surface area contributed by atoms with Crippen LogP contribution < -0.4 is 4.74 Å². The highest BCUT2D eigenvalue weighted by molar-refractivity contribution is 5.76. The molecule has 26 heavy (non-hydrogen) atoms. The van der Waals surface area contributed by atoms with Crippen molar-refractivity contribution >= 4 is 6.29 Å². The van der Waals surface area contributed by atoms with Crippen LogP contribution in [0.15, 0.2) is 48.8 Å². The molecule has 0 N–H and O–H groups in total. The van der Waals surface area contributed by atoms with E-state index in [1.165, 1.54) is 23.0 Å². The molecule has 0 spiro atoms. The number of ether oxygens (including phenoxy) is 1. The Kier molecular flexibility index (Phi) is 4.70. The van der Waals surface area contributed by atoms with Crippen LogP contribution >= 0.6 is 0 Å². The highest BCUT2D eigenvalue weighted by Gasteiger charge is 2.28. The van der Waals surface area contributed by atoms with E-state index in [0.29, 0.717) is 17.7 Å². The molecule has 0 aliphatic carbocycles. The average molecular weight is 365 g/mol. The maximum atomic E-state index is 13.9. The fourth-order valence-corrected chi connectivity index (χ4v) is 2.30. The van der Waals surface area contributed by atoms with Gasteiger partial charge in [0.2, 0.25) is 0 Å². The van der Waals surface area contributed by atoms with Gasteiger partial charge in [-0.3, -0.25) is 9.78 Å². The van der Waals surface area contributed by atoms with Crippen LogP contribution in [0.2, 0.25) is 0 Å². The van der Waals surface area contributed by atoms with Gasteiger partial charge in [-0.1, -0.05) is 0 Å². The Balaban J connectivity index is 2.05. The van der Waals surface area contributed by atoms with Crippen molar-refractivity contribution in [3.63, 3.8) is 0 Å². The first-order valence-electron chi connectivity index (χ1n) is 7.32. The van der Waals surface area contributed by atoms with Gasteiger partial charge in [-0.05, 0) is 30.3 Å². The van der Waals surface area contributed by atoms with E-state index in [-0.39, 0.29) is 17.0 Å². The summed E-state index contributed by atoms with van der Waals surface area (Å²) in [6, 6.07) is 7.90. The van der Waals surface area contributed by atoms with E-state index in [2.05, 4.69) is 14.8 Å². The number of hydrogen-bond acceptors (Lipinski definition) is 4. The molecule has 0 saturated carbocycles. The van der Waals surface area contributed by atoms with Crippen LogP contribution in [0.25, 0.3) is 16.9 Å². The summed E-state index contributed by atoms with van der Waals surface area (Å²) in [5.74, 6) is -1.07. The van der Waals surface area contributed by atoms with Crippen molar-refractivity contribution < 1.29 is 27.1 Å². The Morgan fingerprint density at radius 1 is 1.19 bits per heavy atom. The van der Waals surface area contributed by atoms with Crippen LogP contribution in [0.5, 0.6) is 5.75 Å². The van der Waals surface area contributed by atoms with E-state index >= 15 is 0 Å². The van der Waals surface area contributed by atoms with Crippen molar-refractivity contribution in [1.82, 2.24) is 14.8 Å². The molecule has 0 aliphatic heterocycles. The molecule has 3 rings (SSSR count). The minimum atomic E-state index is -4.55. The number of carbonyl (C=O) groups excluding carboxylic acids is 1. The second-order valence-electron chi connectivity index (χ2n) is 5.27. The van der Waals surface area contributed by atoms with Gasteiger partial charge in [-0.25, -0.2) is 9.07 Å². The standard InChI is InChI=1S/C17H11F4N3O2/c18-12-4-11(5-15(6-12)26-10-17(19,20)21)16-7-13(9-25)23-24(16)14-2-1-3-22-8-14/h1-9H,10H2. The summed E-state index contributed by atoms with van der Waals surface area (Å²) in [7, 11) is 0. The first-order valence-corrected chi connectivity index (χ1v) is 7.32. The van der Waals surface area contributed by atoms with E-state index in [0.717, 1.165) is 12.1 Å². The molecule has 0 radical (unpaired) electrons. The molecule has 2 heterocycles. The molecule has 134 valence electrons. The molecule has 0 bridgehead atoms. The number of carbonyl (C=O) groups is 1. The zero-order valence-corrected chi connectivity index (χ0v) is 13.1. The highest BCUT2D eigenvalue weighted by Crippen LogP contribution is 2.29. The zero-order valence-electron chi connectivity index (χ0n) is 13.1. The Morgan fingerprint density at radius 3 is 2.65 bits per heavy atom. The van der Waals surface area contributed by atoms with E-state index in [4.69, 9.17) is 0 Å². The maximum Gasteiger partial charge on any atom is 0.422 e. The van der Waals surface area contributed by atoms with Crippen LogP contribution in [0.3, 0.4) is 0 Å². The van der Waals surface area contributed by atoms with Crippen molar-refractivity contribution in [2.45, 2.75) is 6.18 Å². The summed E-state index contributed by atoms with van der Waals surface area (Å²) in [4.78, 5) is 15.0. The van der Waals surface area contributed by atoms with Gasteiger partial charge in [-0.2, -0.15) is 18.3 Å². The van der Waals surface area contributed by atoms with Crippen LogP contribution in [-0.2, 0) is 0 Å². The fraction of sp³-hybridized carbons (Fsp3) is 0.118. The predicted molar refractivity (Wildman–Crippen MR) is 83.7 cm³/mol. The average Bonchev–Trinajstić information content (AvgIpc) is 3.04. The van der Waals surface area contributed by atoms with Crippen molar-refractivity contribution in [2.24, 2.45) is 0 Å². The molecule has 0 amide bonds. The molecule has 0 unspecified atom stereocenters. The third-order valence-corrected chi connectivity index (χ3v) is 3.31. The molecular formula is C17H11F4N3O2. The smallest absolute Gasteiger partial charge is 0.422 e. The summed E-state index contributed by atoms with van der Waals surface area (Å²) in [5, 5.41) is 4.09. The molecule has 9 heteroatoms. The van der Waals surface area contributed by atoms with Crippen LogP contribution in [0.4, 0.5) is 17.6 Å². The largest absolute Gasteiger partial charge is 0.484 e. The van der Waals surface area contributed by atoms with Gasteiger partial charge in [0, 0.05) is 17.8 Å². The van der Waals surface area contributed by atoms with Gasteiger partial charge in [0.1, 0.15) is 17.3 Å². The monoisotopic (exact) mass is 365 g/mol. The van der Waals surface area contributed by atoms with E-state index in [1.807, 2.05) is 0 Å².